The van der Waals surface area contributed by atoms with E-state index in [4.69, 9.17) is 9.47 Å². The molecule has 0 radical (unpaired) electrons. The van der Waals surface area contributed by atoms with Crippen molar-refractivity contribution in [1.82, 2.24) is 4.31 Å². The maximum absolute atomic E-state index is 12.7. The van der Waals surface area contributed by atoms with Gasteiger partial charge in [0.15, 0.2) is 6.10 Å². The largest absolute Gasteiger partial charge is 0.492 e. The van der Waals surface area contributed by atoms with Crippen LogP contribution in [0.15, 0.2) is 53.4 Å². The molecule has 0 saturated carbocycles. The van der Waals surface area contributed by atoms with Crippen LogP contribution >= 0.6 is 0 Å². The van der Waals surface area contributed by atoms with Crippen LogP contribution in [0, 0.1) is 0 Å². The van der Waals surface area contributed by atoms with E-state index in [2.05, 4.69) is 5.32 Å². The lowest BCUT2D eigenvalue weighted by Crippen LogP contribution is -2.30. The van der Waals surface area contributed by atoms with Crippen LogP contribution in [0.2, 0.25) is 0 Å². The van der Waals surface area contributed by atoms with Gasteiger partial charge in [-0.1, -0.05) is 18.2 Å². The number of benzene rings is 2. The summed E-state index contributed by atoms with van der Waals surface area (Å²) in [5.41, 5.74) is 0.533. The van der Waals surface area contributed by atoms with Gasteiger partial charge in [-0.25, -0.2) is 13.2 Å². The average Bonchev–Trinajstić information content (AvgIpc) is 3.31. The molecule has 8 nitrogen and oxygen atoms in total. The van der Waals surface area contributed by atoms with Gasteiger partial charge in [0, 0.05) is 13.1 Å². The van der Waals surface area contributed by atoms with Crippen molar-refractivity contribution in [2.45, 2.75) is 37.7 Å². The average molecular weight is 447 g/mol. The van der Waals surface area contributed by atoms with Gasteiger partial charge in [-0.05, 0) is 57.0 Å². The minimum Gasteiger partial charge on any atom is -0.492 e. The highest BCUT2D eigenvalue weighted by Crippen LogP contribution is 2.24. The van der Waals surface area contributed by atoms with E-state index in [1.54, 1.807) is 24.3 Å². The Bertz CT molecular complexity index is 1050. The second-order valence-electron chi connectivity index (χ2n) is 7.10. The van der Waals surface area contributed by atoms with E-state index in [9.17, 15) is 18.0 Å². The lowest BCUT2D eigenvalue weighted by Gasteiger charge is -2.17. The molecule has 0 aromatic heterocycles. The maximum atomic E-state index is 12.7. The minimum atomic E-state index is -3.66. The molecule has 0 spiro atoms. The Hall–Kier alpha value is -2.91. The molecule has 0 aliphatic carbocycles. The summed E-state index contributed by atoms with van der Waals surface area (Å²) in [5.74, 6) is -0.794. The van der Waals surface area contributed by atoms with Crippen molar-refractivity contribution in [3.8, 4) is 5.75 Å². The highest BCUT2D eigenvalue weighted by atomic mass is 32.2. The van der Waals surface area contributed by atoms with Crippen molar-refractivity contribution in [3.63, 3.8) is 0 Å². The Morgan fingerprint density at radius 2 is 1.81 bits per heavy atom. The molecule has 1 saturated heterocycles. The zero-order chi connectivity index (χ0) is 22.4. The summed E-state index contributed by atoms with van der Waals surface area (Å²) >= 11 is 0. The summed E-state index contributed by atoms with van der Waals surface area (Å²) < 4.78 is 37.6. The molecule has 1 amide bonds. The van der Waals surface area contributed by atoms with E-state index in [1.807, 2.05) is 6.92 Å². The molecule has 1 heterocycles. The lowest BCUT2D eigenvalue weighted by molar-refractivity contribution is -0.123. The Morgan fingerprint density at radius 1 is 1.10 bits per heavy atom. The van der Waals surface area contributed by atoms with Gasteiger partial charge in [-0.15, -0.1) is 0 Å². The molecule has 2 aromatic rings. The lowest BCUT2D eigenvalue weighted by atomic mass is 10.2. The summed E-state index contributed by atoms with van der Waals surface area (Å²) in [7, 11) is -3.66. The first-order valence-electron chi connectivity index (χ1n) is 10.2. The number of nitrogens with one attached hydrogen (secondary N) is 1. The first-order chi connectivity index (χ1) is 14.8. The van der Waals surface area contributed by atoms with Gasteiger partial charge in [0.2, 0.25) is 10.0 Å². The number of carbonyl (C=O) groups is 2. The van der Waals surface area contributed by atoms with Crippen LogP contribution in [0.5, 0.6) is 5.75 Å². The van der Waals surface area contributed by atoms with Crippen molar-refractivity contribution >= 4 is 27.6 Å². The highest BCUT2D eigenvalue weighted by Gasteiger charge is 2.28. The smallest absolute Gasteiger partial charge is 0.338 e. The molecule has 1 unspecified atom stereocenters. The molecule has 1 atom stereocenters. The van der Waals surface area contributed by atoms with Gasteiger partial charge in [0.05, 0.1) is 22.8 Å². The topological polar surface area (TPSA) is 102 Å². The molecular formula is C22H26N2O6S. The fourth-order valence-corrected chi connectivity index (χ4v) is 4.79. The van der Waals surface area contributed by atoms with Gasteiger partial charge in [0.1, 0.15) is 5.75 Å². The number of sulfonamides is 1. The number of ether oxygens (including phenoxy) is 2. The molecule has 3 rings (SSSR count). The third-order valence-corrected chi connectivity index (χ3v) is 6.76. The van der Waals surface area contributed by atoms with E-state index in [-0.39, 0.29) is 10.5 Å². The Balaban J connectivity index is 1.68. The summed E-state index contributed by atoms with van der Waals surface area (Å²) in [6.45, 7) is 4.66. The van der Waals surface area contributed by atoms with Gasteiger partial charge in [-0.2, -0.15) is 4.31 Å². The summed E-state index contributed by atoms with van der Waals surface area (Å²) in [4.78, 5) is 25.1. The quantitative estimate of drug-likeness (QED) is 0.626. The summed E-state index contributed by atoms with van der Waals surface area (Å²) in [6.07, 6.45) is 0.543. The Morgan fingerprint density at radius 3 is 2.52 bits per heavy atom. The number of hydrogen-bond donors (Lipinski definition) is 1. The van der Waals surface area contributed by atoms with Crippen molar-refractivity contribution < 1.29 is 27.5 Å². The Labute approximate surface area is 182 Å². The van der Waals surface area contributed by atoms with Gasteiger partial charge < -0.3 is 14.8 Å². The summed E-state index contributed by atoms with van der Waals surface area (Å²) in [6, 6.07) is 12.6. The monoisotopic (exact) mass is 446 g/mol. The molecular weight excluding hydrogens is 420 g/mol. The van der Waals surface area contributed by atoms with Gasteiger partial charge >= 0.3 is 5.97 Å². The summed E-state index contributed by atoms with van der Waals surface area (Å²) in [5, 5.41) is 2.68. The third kappa shape index (κ3) is 5.42. The second-order valence-corrected chi connectivity index (χ2v) is 9.04. The van der Waals surface area contributed by atoms with Crippen molar-refractivity contribution in [1.29, 1.82) is 0 Å². The first-order valence-corrected chi connectivity index (χ1v) is 11.6. The maximum Gasteiger partial charge on any atom is 0.338 e. The van der Waals surface area contributed by atoms with Gasteiger partial charge in [-0.3, -0.25) is 4.79 Å². The number of amides is 1. The molecule has 1 fully saturated rings. The van der Waals surface area contributed by atoms with Crippen LogP contribution in [0.25, 0.3) is 0 Å². The normalized spacial score (nSPS) is 15.3. The van der Waals surface area contributed by atoms with E-state index >= 15 is 0 Å². The molecule has 2 aromatic carbocycles. The first kappa shape index (κ1) is 22.8. The van der Waals surface area contributed by atoms with Crippen LogP contribution in [0.1, 0.15) is 37.0 Å². The van der Waals surface area contributed by atoms with Crippen LogP contribution in [-0.4, -0.2) is 50.4 Å². The van der Waals surface area contributed by atoms with E-state index < -0.39 is 28.0 Å². The molecule has 31 heavy (non-hydrogen) atoms. The number of hydrogen-bond acceptors (Lipinski definition) is 6. The minimum absolute atomic E-state index is 0.0339. The molecule has 9 heteroatoms. The number of carbonyl (C=O) groups excluding carboxylic acids is 2. The Kier molecular flexibility index (Phi) is 7.29. The fourth-order valence-electron chi connectivity index (χ4n) is 3.23. The second kappa shape index (κ2) is 9.93. The van der Waals surface area contributed by atoms with Crippen LogP contribution in [0.4, 0.5) is 5.69 Å². The highest BCUT2D eigenvalue weighted by molar-refractivity contribution is 7.89. The molecule has 166 valence electrons. The molecule has 0 bridgehead atoms. The molecule has 1 aliphatic heterocycles. The number of rotatable bonds is 8. The van der Waals surface area contributed by atoms with E-state index in [1.165, 1.54) is 35.5 Å². The third-order valence-electron chi connectivity index (χ3n) is 4.87. The fraction of sp³-hybridized carbons (Fsp3) is 0.364. The molecule has 1 aliphatic rings. The molecule has 1 N–H and O–H groups in total. The zero-order valence-electron chi connectivity index (χ0n) is 17.5. The predicted molar refractivity (Wildman–Crippen MR) is 116 cm³/mol. The van der Waals surface area contributed by atoms with E-state index in [0.29, 0.717) is 31.1 Å². The standard InChI is InChI=1S/C22H26N2O6S/c1-3-29-20-12-5-4-11-19(20)23-21(25)16(2)30-22(26)17-9-8-10-18(15-17)31(27,28)24-13-6-7-14-24/h4-5,8-12,15-16H,3,6-7,13-14H2,1-2H3,(H,23,25). The number of esters is 1. The van der Waals surface area contributed by atoms with Crippen molar-refractivity contribution in [2.24, 2.45) is 0 Å². The van der Waals surface area contributed by atoms with Crippen molar-refractivity contribution in [2.75, 3.05) is 25.0 Å². The van der Waals surface area contributed by atoms with Crippen molar-refractivity contribution in [3.05, 3.63) is 54.1 Å². The van der Waals surface area contributed by atoms with Crippen LogP contribution in [-0.2, 0) is 19.6 Å². The number of para-hydroxylation sites is 2. The van der Waals surface area contributed by atoms with Crippen LogP contribution in [0.3, 0.4) is 0 Å². The van der Waals surface area contributed by atoms with E-state index in [0.717, 1.165) is 12.8 Å². The number of nitrogens with zero attached hydrogens (tertiary/aromatic N) is 1. The van der Waals surface area contributed by atoms with Crippen LogP contribution < -0.4 is 10.1 Å². The number of anilines is 1. The SMILES string of the molecule is CCOc1ccccc1NC(=O)C(C)OC(=O)c1cccc(S(=O)(=O)N2CCCC2)c1. The zero-order valence-corrected chi connectivity index (χ0v) is 18.4. The predicted octanol–water partition coefficient (Wildman–Crippen LogP) is 3.05. The van der Waals surface area contributed by atoms with Gasteiger partial charge in [0.25, 0.3) is 5.91 Å².